The minimum atomic E-state index is 0.565. The Morgan fingerprint density at radius 1 is 1.00 bits per heavy atom. The van der Waals surface area contributed by atoms with E-state index in [2.05, 4.69) is 22.0 Å². The molecule has 20 heavy (non-hydrogen) atoms. The Hall–Kier alpha value is -0.200. The normalized spacial score (nSPS) is 37.4. The molecule has 116 valence electrons. The van der Waals surface area contributed by atoms with Crippen molar-refractivity contribution in [1.82, 2.24) is 15.1 Å². The van der Waals surface area contributed by atoms with Crippen molar-refractivity contribution in [3.8, 4) is 0 Å². The van der Waals surface area contributed by atoms with E-state index in [0.717, 1.165) is 58.5 Å². The van der Waals surface area contributed by atoms with Crippen molar-refractivity contribution in [3.05, 3.63) is 0 Å². The van der Waals surface area contributed by atoms with Crippen LogP contribution in [0, 0.1) is 0 Å². The second-order valence-electron chi connectivity index (χ2n) is 6.18. The third-order valence-corrected chi connectivity index (χ3v) is 5.02. The largest absolute Gasteiger partial charge is 0.380 e. The predicted octanol–water partition coefficient (Wildman–Crippen LogP) is 0.160. The minimum Gasteiger partial charge on any atom is -0.380 e. The van der Waals surface area contributed by atoms with Crippen molar-refractivity contribution in [3.63, 3.8) is 0 Å². The van der Waals surface area contributed by atoms with Crippen molar-refractivity contribution in [2.24, 2.45) is 0 Å². The summed E-state index contributed by atoms with van der Waals surface area (Å²) >= 11 is 0. The Morgan fingerprint density at radius 3 is 2.65 bits per heavy atom. The molecule has 3 saturated heterocycles. The van der Waals surface area contributed by atoms with Crippen LogP contribution in [0.5, 0.6) is 0 Å². The maximum Gasteiger partial charge on any atom is 0.0637 e. The molecule has 3 aliphatic rings. The van der Waals surface area contributed by atoms with Crippen molar-refractivity contribution < 1.29 is 9.47 Å². The first-order valence-electron chi connectivity index (χ1n) is 8.25. The van der Waals surface area contributed by atoms with Gasteiger partial charge in [0.05, 0.1) is 19.8 Å². The summed E-state index contributed by atoms with van der Waals surface area (Å²) in [5.74, 6) is 0. The van der Waals surface area contributed by atoms with Gasteiger partial charge in [0.15, 0.2) is 0 Å². The zero-order valence-corrected chi connectivity index (χ0v) is 12.7. The van der Waals surface area contributed by atoms with E-state index >= 15 is 0 Å². The Bertz CT molecular complexity index is 295. The highest BCUT2D eigenvalue weighted by atomic mass is 16.5. The molecular weight excluding hydrogens is 254 g/mol. The first-order chi connectivity index (χ1) is 9.88. The van der Waals surface area contributed by atoms with Crippen LogP contribution in [0.15, 0.2) is 0 Å². The van der Waals surface area contributed by atoms with E-state index in [1.54, 1.807) is 0 Å². The molecule has 3 atom stereocenters. The van der Waals surface area contributed by atoms with Crippen molar-refractivity contribution >= 4 is 0 Å². The Kier molecular flexibility index (Phi) is 5.29. The van der Waals surface area contributed by atoms with Gasteiger partial charge >= 0.3 is 0 Å². The number of ether oxygens (including phenoxy) is 2. The minimum absolute atomic E-state index is 0.565. The standard InChI is InChI=1S/C15H29N3O2/c1-2-16-14-4-8-20-12-15(14)18-5-3-13(11-18)17-6-9-19-10-7-17/h13-16H,2-12H2,1H3. The van der Waals surface area contributed by atoms with Crippen LogP contribution >= 0.6 is 0 Å². The van der Waals surface area contributed by atoms with E-state index in [-0.39, 0.29) is 0 Å². The average Bonchev–Trinajstić information content (AvgIpc) is 2.99. The monoisotopic (exact) mass is 283 g/mol. The molecule has 3 unspecified atom stereocenters. The molecule has 0 aromatic carbocycles. The highest BCUT2D eigenvalue weighted by Crippen LogP contribution is 2.23. The molecule has 3 rings (SSSR count). The van der Waals surface area contributed by atoms with E-state index in [4.69, 9.17) is 9.47 Å². The summed E-state index contributed by atoms with van der Waals surface area (Å²) in [6, 6.07) is 1.90. The van der Waals surface area contributed by atoms with E-state index in [0.29, 0.717) is 12.1 Å². The fraction of sp³-hybridized carbons (Fsp3) is 1.00. The highest BCUT2D eigenvalue weighted by Gasteiger charge is 2.36. The van der Waals surface area contributed by atoms with Gasteiger partial charge in [-0.2, -0.15) is 0 Å². The van der Waals surface area contributed by atoms with Gasteiger partial charge < -0.3 is 14.8 Å². The van der Waals surface area contributed by atoms with Crippen LogP contribution in [0.1, 0.15) is 19.8 Å². The number of hydrogen-bond donors (Lipinski definition) is 1. The van der Waals surface area contributed by atoms with E-state index < -0.39 is 0 Å². The summed E-state index contributed by atoms with van der Waals surface area (Å²) in [6.45, 7) is 11.5. The number of nitrogens with zero attached hydrogens (tertiary/aromatic N) is 2. The molecule has 1 N–H and O–H groups in total. The van der Waals surface area contributed by atoms with Crippen molar-refractivity contribution in [1.29, 1.82) is 0 Å². The summed E-state index contributed by atoms with van der Waals surface area (Å²) in [4.78, 5) is 5.28. The van der Waals surface area contributed by atoms with Crippen molar-refractivity contribution in [2.75, 3.05) is 59.2 Å². The van der Waals surface area contributed by atoms with Crippen LogP contribution < -0.4 is 5.32 Å². The molecule has 0 aromatic rings. The van der Waals surface area contributed by atoms with Gasteiger partial charge in [-0.25, -0.2) is 0 Å². The zero-order valence-electron chi connectivity index (χ0n) is 12.7. The summed E-state index contributed by atoms with van der Waals surface area (Å²) in [6.07, 6.45) is 2.45. The third-order valence-electron chi connectivity index (χ3n) is 5.02. The van der Waals surface area contributed by atoms with Crippen molar-refractivity contribution in [2.45, 2.75) is 37.9 Å². The lowest BCUT2D eigenvalue weighted by atomic mass is 10.0. The highest BCUT2D eigenvalue weighted by molar-refractivity contribution is 4.93. The van der Waals surface area contributed by atoms with E-state index in [9.17, 15) is 0 Å². The van der Waals surface area contributed by atoms with Gasteiger partial charge in [-0.1, -0.05) is 6.92 Å². The van der Waals surface area contributed by atoms with Gasteiger partial charge in [0.25, 0.3) is 0 Å². The van der Waals surface area contributed by atoms with E-state index in [1.807, 2.05) is 0 Å². The zero-order chi connectivity index (χ0) is 13.8. The molecular formula is C15H29N3O2. The first-order valence-corrected chi connectivity index (χ1v) is 8.25. The molecule has 0 aromatic heterocycles. The van der Waals surface area contributed by atoms with Crippen LogP contribution in [0.25, 0.3) is 0 Å². The van der Waals surface area contributed by atoms with Gasteiger partial charge in [-0.05, 0) is 19.4 Å². The summed E-state index contributed by atoms with van der Waals surface area (Å²) in [5.41, 5.74) is 0. The number of hydrogen-bond acceptors (Lipinski definition) is 5. The molecule has 5 nitrogen and oxygen atoms in total. The average molecular weight is 283 g/mol. The molecule has 0 amide bonds. The van der Waals surface area contributed by atoms with Crippen LogP contribution in [0.2, 0.25) is 0 Å². The summed E-state index contributed by atoms with van der Waals surface area (Å²) in [7, 11) is 0. The molecule has 0 aliphatic carbocycles. The molecule has 5 heteroatoms. The number of likely N-dealkylation sites (tertiary alicyclic amines) is 1. The van der Waals surface area contributed by atoms with Gasteiger partial charge in [-0.15, -0.1) is 0 Å². The Morgan fingerprint density at radius 2 is 1.85 bits per heavy atom. The molecule has 3 aliphatic heterocycles. The van der Waals surface area contributed by atoms with Gasteiger partial charge in [0.2, 0.25) is 0 Å². The molecule has 3 fully saturated rings. The lowest BCUT2D eigenvalue weighted by Crippen LogP contribution is -2.55. The molecule has 0 radical (unpaired) electrons. The van der Waals surface area contributed by atoms with Gasteiger partial charge in [0.1, 0.15) is 0 Å². The second-order valence-corrected chi connectivity index (χ2v) is 6.18. The van der Waals surface area contributed by atoms with Crippen LogP contribution in [-0.2, 0) is 9.47 Å². The number of morpholine rings is 1. The molecule has 0 spiro atoms. The topological polar surface area (TPSA) is 37.0 Å². The lowest BCUT2D eigenvalue weighted by molar-refractivity contribution is -0.00445. The Labute approximate surface area is 122 Å². The maximum atomic E-state index is 5.74. The maximum absolute atomic E-state index is 5.74. The number of likely N-dealkylation sites (N-methyl/N-ethyl adjacent to an activating group) is 1. The summed E-state index contributed by atoms with van der Waals surface area (Å²) in [5, 5.41) is 3.65. The lowest BCUT2D eigenvalue weighted by Gasteiger charge is -2.39. The van der Waals surface area contributed by atoms with Crippen LogP contribution in [0.4, 0.5) is 0 Å². The Balaban J connectivity index is 1.54. The quantitative estimate of drug-likeness (QED) is 0.795. The smallest absolute Gasteiger partial charge is 0.0637 e. The predicted molar refractivity (Wildman–Crippen MR) is 79.1 cm³/mol. The summed E-state index contributed by atoms with van der Waals surface area (Å²) < 4.78 is 11.2. The fourth-order valence-corrected chi connectivity index (χ4v) is 3.89. The second kappa shape index (κ2) is 7.18. The number of nitrogens with one attached hydrogen (secondary N) is 1. The number of rotatable bonds is 4. The van der Waals surface area contributed by atoms with E-state index in [1.165, 1.54) is 19.5 Å². The van der Waals surface area contributed by atoms with Gasteiger partial charge in [-0.3, -0.25) is 9.80 Å². The molecule has 0 bridgehead atoms. The van der Waals surface area contributed by atoms with Gasteiger partial charge in [0, 0.05) is 50.9 Å². The first kappa shape index (κ1) is 14.7. The molecule has 3 heterocycles. The fourth-order valence-electron chi connectivity index (χ4n) is 3.89. The SMILES string of the molecule is CCNC1CCOCC1N1CCC(N2CCOCC2)C1. The van der Waals surface area contributed by atoms with Crippen LogP contribution in [0.3, 0.4) is 0 Å². The van der Waals surface area contributed by atoms with Crippen LogP contribution in [-0.4, -0.2) is 87.1 Å². The third kappa shape index (κ3) is 3.34. The molecule has 0 saturated carbocycles.